The van der Waals surface area contributed by atoms with E-state index >= 15 is 0 Å². The highest BCUT2D eigenvalue weighted by atomic mass is 35.5. The van der Waals surface area contributed by atoms with Crippen LogP contribution in [0, 0.1) is 6.92 Å². The molecular formula is C13H13ClN2O. The van der Waals surface area contributed by atoms with E-state index in [2.05, 4.69) is 9.97 Å². The first-order chi connectivity index (χ1) is 8.20. The highest BCUT2D eigenvalue weighted by Crippen LogP contribution is 2.23. The lowest BCUT2D eigenvalue weighted by Crippen LogP contribution is -1.94. The van der Waals surface area contributed by atoms with Crippen molar-refractivity contribution in [1.29, 1.82) is 0 Å². The molecule has 0 aliphatic heterocycles. The van der Waals surface area contributed by atoms with Crippen LogP contribution < -0.4 is 4.74 Å². The summed E-state index contributed by atoms with van der Waals surface area (Å²) >= 11 is 6.04. The lowest BCUT2D eigenvalue weighted by molar-refractivity contribution is 0.327. The zero-order valence-corrected chi connectivity index (χ0v) is 10.5. The van der Waals surface area contributed by atoms with Gasteiger partial charge >= 0.3 is 0 Å². The summed E-state index contributed by atoms with van der Waals surface area (Å²) < 4.78 is 5.29. The molecule has 0 spiro atoms. The molecule has 0 N–H and O–H groups in total. The van der Waals surface area contributed by atoms with Gasteiger partial charge in [0.15, 0.2) is 0 Å². The summed E-state index contributed by atoms with van der Waals surface area (Å²) in [4.78, 5) is 8.43. The van der Waals surface area contributed by atoms with Crippen molar-refractivity contribution in [3.05, 3.63) is 41.3 Å². The van der Waals surface area contributed by atoms with Crippen LogP contribution in [0.15, 0.2) is 30.6 Å². The first kappa shape index (κ1) is 11.9. The normalized spacial score (nSPS) is 10.3. The van der Waals surface area contributed by atoms with Crippen LogP contribution in [0.5, 0.6) is 5.88 Å². The number of nitrogens with zero attached hydrogens (tertiary/aromatic N) is 2. The molecule has 2 rings (SSSR count). The van der Waals surface area contributed by atoms with Gasteiger partial charge in [0.1, 0.15) is 0 Å². The summed E-state index contributed by atoms with van der Waals surface area (Å²) in [5.74, 6) is 0.627. The minimum atomic E-state index is 0.615. The molecule has 0 unspecified atom stereocenters. The van der Waals surface area contributed by atoms with Gasteiger partial charge in [0, 0.05) is 29.6 Å². The van der Waals surface area contributed by atoms with Crippen LogP contribution in [-0.2, 0) is 0 Å². The molecule has 0 saturated carbocycles. The van der Waals surface area contributed by atoms with Gasteiger partial charge in [-0.2, -0.15) is 0 Å². The second-order valence-electron chi connectivity index (χ2n) is 3.61. The van der Waals surface area contributed by atoms with Crippen molar-refractivity contribution in [2.75, 3.05) is 6.61 Å². The smallest absolute Gasteiger partial charge is 0.213 e. The average molecular weight is 249 g/mol. The van der Waals surface area contributed by atoms with Gasteiger partial charge in [-0.1, -0.05) is 11.6 Å². The molecule has 0 atom stereocenters. The molecule has 0 aliphatic rings. The molecular weight excluding hydrogens is 236 g/mol. The number of pyridine rings is 2. The van der Waals surface area contributed by atoms with Crippen LogP contribution >= 0.6 is 11.6 Å². The van der Waals surface area contributed by atoms with Crippen molar-refractivity contribution in [3.63, 3.8) is 0 Å². The fraction of sp³-hybridized carbons (Fsp3) is 0.231. The van der Waals surface area contributed by atoms with E-state index in [1.54, 1.807) is 12.4 Å². The summed E-state index contributed by atoms with van der Waals surface area (Å²) in [6.07, 6.45) is 3.55. The molecule has 0 radical (unpaired) electrons. The molecule has 88 valence electrons. The summed E-state index contributed by atoms with van der Waals surface area (Å²) in [6, 6.07) is 5.68. The van der Waals surface area contributed by atoms with E-state index in [1.165, 1.54) is 0 Å². The number of aryl methyl sites for hydroxylation is 1. The van der Waals surface area contributed by atoms with E-state index in [-0.39, 0.29) is 0 Å². The Hall–Kier alpha value is -1.61. The number of aromatic nitrogens is 2. The van der Waals surface area contributed by atoms with E-state index in [9.17, 15) is 0 Å². The summed E-state index contributed by atoms with van der Waals surface area (Å²) in [6.45, 7) is 4.42. The molecule has 2 aromatic rings. The highest BCUT2D eigenvalue weighted by Gasteiger charge is 2.03. The third kappa shape index (κ3) is 2.74. The van der Waals surface area contributed by atoms with E-state index in [0.29, 0.717) is 17.5 Å². The maximum absolute atomic E-state index is 6.04. The molecule has 2 aromatic heterocycles. The Morgan fingerprint density at radius 1 is 1.18 bits per heavy atom. The second kappa shape index (κ2) is 5.15. The zero-order chi connectivity index (χ0) is 12.3. The topological polar surface area (TPSA) is 35.0 Å². The molecule has 17 heavy (non-hydrogen) atoms. The van der Waals surface area contributed by atoms with Gasteiger partial charge in [0.2, 0.25) is 5.88 Å². The van der Waals surface area contributed by atoms with Crippen molar-refractivity contribution in [1.82, 2.24) is 9.97 Å². The molecule has 0 saturated heterocycles. The lowest BCUT2D eigenvalue weighted by Gasteiger charge is -2.05. The first-order valence-electron chi connectivity index (χ1n) is 5.42. The first-order valence-corrected chi connectivity index (χ1v) is 5.80. The van der Waals surface area contributed by atoms with E-state index in [1.807, 2.05) is 32.0 Å². The van der Waals surface area contributed by atoms with Crippen molar-refractivity contribution < 1.29 is 4.74 Å². The highest BCUT2D eigenvalue weighted by molar-refractivity contribution is 6.31. The van der Waals surface area contributed by atoms with E-state index in [4.69, 9.17) is 16.3 Å². The van der Waals surface area contributed by atoms with Crippen molar-refractivity contribution >= 4 is 11.6 Å². The van der Waals surface area contributed by atoms with Gasteiger partial charge in [-0.15, -0.1) is 0 Å². The van der Waals surface area contributed by atoms with Crippen LogP contribution in [0.3, 0.4) is 0 Å². The number of rotatable bonds is 3. The second-order valence-corrected chi connectivity index (χ2v) is 4.02. The van der Waals surface area contributed by atoms with Crippen LogP contribution in [0.4, 0.5) is 0 Å². The SMILES string of the molecule is CCOc1ccc(-c2cnc(C)c(Cl)c2)cn1. The molecule has 0 fully saturated rings. The van der Waals surface area contributed by atoms with Gasteiger partial charge in [-0.05, 0) is 26.0 Å². The minimum absolute atomic E-state index is 0.615. The maximum Gasteiger partial charge on any atom is 0.213 e. The number of ether oxygens (including phenoxy) is 1. The molecule has 2 heterocycles. The number of halogens is 1. The minimum Gasteiger partial charge on any atom is -0.478 e. The Morgan fingerprint density at radius 3 is 2.53 bits per heavy atom. The van der Waals surface area contributed by atoms with Crippen molar-refractivity contribution in [3.8, 4) is 17.0 Å². The Bertz CT molecular complexity index is 511. The van der Waals surface area contributed by atoms with Gasteiger partial charge in [-0.25, -0.2) is 4.98 Å². The third-order valence-corrected chi connectivity index (χ3v) is 2.77. The Labute approximate surface area is 105 Å². The largest absolute Gasteiger partial charge is 0.478 e. The Kier molecular flexibility index (Phi) is 3.59. The molecule has 4 heteroatoms. The van der Waals surface area contributed by atoms with E-state index < -0.39 is 0 Å². The van der Waals surface area contributed by atoms with Crippen LogP contribution in [0.25, 0.3) is 11.1 Å². The number of hydrogen-bond acceptors (Lipinski definition) is 3. The van der Waals surface area contributed by atoms with E-state index in [0.717, 1.165) is 16.8 Å². The van der Waals surface area contributed by atoms with Crippen LogP contribution in [0.1, 0.15) is 12.6 Å². The lowest BCUT2D eigenvalue weighted by atomic mass is 10.1. The quantitative estimate of drug-likeness (QED) is 0.834. The van der Waals surface area contributed by atoms with Crippen LogP contribution in [0.2, 0.25) is 5.02 Å². The van der Waals surface area contributed by atoms with Gasteiger partial charge in [-0.3, -0.25) is 4.98 Å². The summed E-state index contributed by atoms with van der Waals surface area (Å²) in [7, 11) is 0. The van der Waals surface area contributed by atoms with Gasteiger partial charge in [0.25, 0.3) is 0 Å². The summed E-state index contributed by atoms with van der Waals surface area (Å²) in [5, 5.41) is 0.663. The Morgan fingerprint density at radius 2 is 1.94 bits per heavy atom. The number of hydrogen-bond donors (Lipinski definition) is 0. The zero-order valence-electron chi connectivity index (χ0n) is 9.77. The fourth-order valence-corrected chi connectivity index (χ4v) is 1.61. The van der Waals surface area contributed by atoms with Crippen molar-refractivity contribution in [2.24, 2.45) is 0 Å². The third-order valence-electron chi connectivity index (χ3n) is 2.39. The predicted octanol–water partition coefficient (Wildman–Crippen LogP) is 3.50. The van der Waals surface area contributed by atoms with Crippen LogP contribution in [-0.4, -0.2) is 16.6 Å². The predicted molar refractivity (Wildman–Crippen MR) is 68.4 cm³/mol. The molecule has 0 aromatic carbocycles. The van der Waals surface area contributed by atoms with Crippen molar-refractivity contribution in [2.45, 2.75) is 13.8 Å². The average Bonchev–Trinajstić information content (AvgIpc) is 2.34. The van der Waals surface area contributed by atoms with Gasteiger partial charge in [0.05, 0.1) is 17.3 Å². The standard InChI is InChI=1S/C13H13ClN2O/c1-3-17-13-5-4-10(7-16-13)11-6-12(14)9(2)15-8-11/h4-8H,3H2,1-2H3. The summed E-state index contributed by atoms with van der Waals surface area (Å²) in [5.41, 5.74) is 2.76. The van der Waals surface area contributed by atoms with Gasteiger partial charge < -0.3 is 4.74 Å². The molecule has 0 aliphatic carbocycles. The fourth-order valence-electron chi connectivity index (χ4n) is 1.45. The Balaban J connectivity index is 2.30. The molecule has 3 nitrogen and oxygen atoms in total. The monoisotopic (exact) mass is 248 g/mol. The maximum atomic E-state index is 6.04. The molecule has 0 bridgehead atoms. The molecule has 0 amide bonds.